The predicted octanol–water partition coefficient (Wildman–Crippen LogP) is 9.03. The summed E-state index contributed by atoms with van der Waals surface area (Å²) >= 11 is 0. The average Bonchev–Trinajstić information content (AvgIpc) is 3.02. The number of allylic oxidation sites excluding steroid dienone is 1. The summed E-state index contributed by atoms with van der Waals surface area (Å²) in [5.74, 6) is 0.492. The van der Waals surface area contributed by atoms with E-state index in [9.17, 15) is 4.79 Å². The van der Waals surface area contributed by atoms with Gasteiger partial charge in [-0.1, -0.05) is 81.5 Å². The van der Waals surface area contributed by atoms with Crippen molar-refractivity contribution < 1.29 is 32.9 Å². The highest BCUT2D eigenvalue weighted by Gasteiger charge is 2.37. The van der Waals surface area contributed by atoms with Crippen LogP contribution in [-0.4, -0.2) is 53.1 Å². The van der Waals surface area contributed by atoms with E-state index in [4.69, 9.17) is 28.1 Å². The Morgan fingerprint density at radius 2 is 1.59 bits per heavy atom. The van der Waals surface area contributed by atoms with Gasteiger partial charge in [0.05, 0.1) is 44.6 Å². The van der Waals surface area contributed by atoms with Crippen molar-refractivity contribution in [2.24, 2.45) is 5.41 Å². The van der Waals surface area contributed by atoms with Crippen molar-refractivity contribution in [2.75, 3.05) is 20.5 Å². The van der Waals surface area contributed by atoms with E-state index in [0.29, 0.717) is 39.1 Å². The lowest BCUT2D eigenvalue weighted by Crippen LogP contribution is -2.40. The molecule has 3 atom stereocenters. The highest BCUT2D eigenvalue weighted by molar-refractivity contribution is 6.74. The lowest BCUT2D eigenvalue weighted by Gasteiger charge is -2.35. The second-order valence-electron chi connectivity index (χ2n) is 13.8. The highest BCUT2D eigenvalue weighted by atomic mass is 28.4. The fourth-order valence-corrected chi connectivity index (χ4v) is 5.24. The van der Waals surface area contributed by atoms with Crippen molar-refractivity contribution in [1.29, 1.82) is 0 Å². The second kappa shape index (κ2) is 19.2. The van der Waals surface area contributed by atoms with Crippen LogP contribution in [0.3, 0.4) is 0 Å². The Kier molecular flexibility index (Phi) is 16.4. The zero-order chi connectivity index (χ0) is 34.2. The molecule has 0 fully saturated rings. The number of hydrogen-bond acceptors (Lipinski definition) is 7. The van der Waals surface area contributed by atoms with Gasteiger partial charge in [0, 0.05) is 6.42 Å². The maximum absolute atomic E-state index is 13.5. The molecule has 0 aliphatic carbocycles. The Labute approximate surface area is 279 Å². The fraction of sp³-hybridized carbons (Fsp3) is 0.553. The first-order valence-corrected chi connectivity index (χ1v) is 19.2. The molecular formula is C38H58O7Si. The molecule has 2 aromatic rings. The number of esters is 1. The van der Waals surface area contributed by atoms with E-state index in [0.717, 1.165) is 16.9 Å². The number of carbonyl (C=O) groups is 1. The van der Waals surface area contributed by atoms with Crippen LogP contribution in [0.2, 0.25) is 18.1 Å². The quantitative estimate of drug-likeness (QED) is 0.0437. The van der Waals surface area contributed by atoms with Gasteiger partial charge in [-0.3, -0.25) is 4.79 Å². The maximum atomic E-state index is 13.5. The first kappa shape index (κ1) is 39.4. The Hall–Kier alpha value is -2.75. The van der Waals surface area contributed by atoms with Gasteiger partial charge in [-0.2, -0.15) is 0 Å². The van der Waals surface area contributed by atoms with Gasteiger partial charge < -0.3 is 28.1 Å². The van der Waals surface area contributed by atoms with Gasteiger partial charge in [-0.15, -0.1) is 6.58 Å². The molecule has 7 nitrogen and oxygen atoms in total. The van der Waals surface area contributed by atoms with Crippen LogP contribution in [0.1, 0.15) is 71.9 Å². The molecule has 0 amide bonds. The summed E-state index contributed by atoms with van der Waals surface area (Å²) in [6, 6.07) is 17.7. The van der Waals surface area contributed by atoms with Gasteiger partial charge in [-0.25, -0.2) is 0 Å². The van der Waals surface area contributed by atoms with Gasteiger partial charge in [0.15, 0.2) is 8.32 Å². The van der Waals surface area contributed by atoms with Gasteiger partial charge in [0.2, 0.25) is 0 Å². The molecule has 0 radical (unpaired) electrons. The first-order valence-electron chi connectivity index (χ1n) is 16.3. The number of rotatable bonds is 21. The summed E-state index contributed by atoms with van der Waals surface area (Å²) in [6.07, 6.45) is 6.39. The van der Waals surface area contributed by atoms with Gasteiger partial charge >= 0.3 is 5.97 Å². The summed E-state index contributed by atoms with van der Waals surface area (Å²) < 4.78 is 36.0. The van der Waals surface area contributed by atoms with E-state index in [2.05, 4.69) is 40.4 Å². The van der Waals surface area contributed by atoms with Crippen LogP contribution in [0.15, 0.2) is 79.4 Å². The van der Waals surface area contributed by atoms with Crippen LogP contribution >= 0.6 is 0 Å². The second-order valence-corrected chi connectivity index (χ2v) is 18.7. The minimum absolute atomic E-state index is 0.115. The van der Waals surface area contributed by atoms with E-state index in [1.54, 1.807) is 7.11 Å². The zero-order valence-corrected chi connectivity index (χ0v) is 30.7. The van der Waals surface area contributed by atoms with Crippen molar-refractivity contribution in [3.63, 3.8) is 0 Å². The van der Waals surface area contributed by atoms with Crippen LogP contribution in [-0.2, 0) is 41.4 Å². The van der Waals surface area contributed by atoms with Crippen molar-refractivity contribution in [1.82, 2.24) is 0 Å². The molecule has 2 aromatic carbocycles. The summed E-state index contributed by atoms with van der Waals surface area (Å²) in [5, 5.41) is 0.120. The number of hydrogen-bond donors (Lipinski definition) is 0. The zero-order valence-electron chi connectivity index (χ0n) is 29.7. The Morgan fingerprint density at radius 3 is 2.20 bits per heavy atom. The number of methoxy groups -OCH3 is 1. The average molecular weight is 655 g/mol. The molecule has 256 valence electrons. The minimum Gasteiger partial charge on any atom is -0.497 e. The summed E-state index contributed by atoms with van der Waals surface area (Å²) in [6.45, 7) is 22.1. The van der Waals surface area contributed by atoms with Crippen LogP contribution in [0.25, 0.3) is 0 Å². The molecule has 3 unspecified atom stereocenters. The maximum Gasteiger partial charge on any atom is 0.315 e. The standard InChI is InChI=1S/C38H58O7Si/c1-11-12-19-34(45-36(39)38(6,7)24-16-25-44-46(9,10)37(3,4)5)26-35(42-28-32-20-22-33(40-8)23-21-32)30(2)43-29-41-27-31-17-14-13-15-18-31/h11,13-18,20-24,30,34-35H,1,12,19,25-29H2,2-10H3/b24-16+. The third kappa shape index (κ3) is 13.9. The number of carbonyl (C=O) groups excluding carboxylic acids is 1. The Balaban J connectivity index is 2.10. The molecule has 0 aromatic heterocycles. The molecule has 0 aliphatic rings. The molecule has 0 saturated carbocycles. The molecule has 0 spiro atoms. The highest BCUT2D eigenvalue weighted by Crippen LogP contribution is 2.36. The molecule has 46 heavy (non-hydrogen) atoms. The summed E-state index contributed by atoms with van der Waals surface area (Å²) in [4.78, 5) is 13.5. The molecule has 0 bridgehead atoms. The SMILES string of the molecule is C=CCCC(CC(OCc1ccc(OC)cc1)C(C)OCOCc1ccccc1)OC(=O)C(C)(C)/C=C/CO[Si](C)(C)C(C)(C)C. The van der Waals surface area contributed by atoms with Crippen molar-refractivity contribution in [3.8, 4) is 5.75 Å². The van der Waals surface area contributed by atoms with Crippen molar-refractivity contribution >= 4 is 14.3 Å². The molecule has 0 N–H and O–H groups in total. The van der Waals surface area contributed by atoms with Crippen LogP contribution in [0.5, 0.6) is 5.75 Å². The lowest BCUT2D eigenvalue weighted by atomic mass is 9.93. The smallest absolute Gasteiger partial charge is 0.315 e. The molecule has 2 rings (SSSR count). The van der Waals surface area contributed by atoms with Crippen LogP contribution in [0, 0.1) is 5.41 Å². The summed E-state index contributed by atoms with van der Waals surface area (Å²) in [7, 11) is -0.240. The largest absolute Gasteiger partial charge is 0.497 e. The molecular weight excluding hydrogens is 596 g/mol. The summed E-state index contributed by atoms with van der Waals surface area (Å²) in [5.41, 5.74) is 1.26. The number of ether oxygens (including phenoxy) is 5. The monoisotopic (exact) mass is 654 g/mol. The van der Waals surface area contributed by atoms with E-state index in [1.807, 2.05) is 93.6 Å². The first-order chi connectivity index (χ1) is 21.7. The van der Waals surface area contributed by atoms with E-state index in [1.165, 1.54) is 0 Å². The minimum atomic E-state index is -1.88. The molecule has 8 heteroatoms. The fourth-order valence-electron chi connectivity index (χ4n) is 4.29. The predicted molar refractivity (Wildman–Crippen MR) is 188 cm³/mol. The van der Waals surface area contributed by atoms with Crippen molar-refractivity contribution in [2.45, 2.75) is 110 Å². The third-order valence-corrected chi connectivity index (χ3v) is 13.0. The van der Waals surface area contributed by atoms with Gasteiger partial charge in [-0.05, 0) is 75.0 Å². The molecule has 0 heterocycles. The van der Waals surface area contributed by atoms with Gasteiger partial charge in [0.1, 0.15) is 18.6 Å². The van der Waals surface area contributed by atoms with E-state index in [-0.39, 0.29) is 36.1 Å². The normalized spacial score (nSPS) is 14.5. The topological polar surface area (TPSA) is 72.5 Å². The van der Waals surface area contributed by atoms with E-state index < -0.39 is 13.7 Å². The van der Waals surface area contributed by atoms with E-state index >= 15 is 0 Å². The van der Waals surface area contributed by atoms with Crippen molar-refractivity contribution in [3.05, 3.63) is 90.5 Å². The Bertz CT molecular complexity index is 1190. The Morgan fingerprint density at radius 1 is 0.935 bits per heavy atom. The molecule has 0 aliphatic heterocycles. The number of benzene rings is 2. The van der Waals surface area contributed by atoms with Crippen LogP contribution in [0.4, 0.5) is 0 Å². The third-order valence-electron chi connectivity index (χ3n) is 8.54. The van der Waals surface area contributed by atoms with Crippen LogP contribution < -0.4 is 4.74 Å². The lowest BCUT2D eigenvalue weighted by molar-refractivity contribution is -0.166. The molecule has 0 saturated heterocycles. The van der Waals surface area contributed by atoms with Gasteiger partial charge in [0.25, 0.3) is 0 Å².